The quantitative estimate of drug-likeness (QED) is 0.842. The number of nitrogens with one attached hydrogen (secondary N) is 1. The molecule has 124 valence electrons. The van der Waals surface area contributed by atoms with Gasteiger partial charge in [-0.15, -0.1) is 0 Å². The van der Waals surface area contributed by atoms with Crippen LogP contribution in [0.25, 0.3) is 0 Å². The number of amides is 1. The number of carbonyl (C=O) groups excluding carboxylic acids is 1. The van der Waals surface area contributed by atoms with Crippen LogP contribution in [0.1, 0.15) is 30.9 Å². The first-order valence-electron chi connectivity index (χ1n) is 7.92. The Morgan fingerprint density at radius 2 is 1.88 bits per heavy atom. The van der Waals surface area contributed by atoms with E-state index in [-0.39, 0.29) is 11.2 Å². The molecule has 24 heavy (non-hydrogen) atoms. The second-order valence-corrected chi connectivity index (χ2v) is 7.65. The van der Waals surface area contributed by atoms with Crippen LogP contribution in [0, 0.1) is 0 Å². The second-order valence-electron chi connectivity index (χ2n) is 6.05. The van der Waals surface area contributed by atoms with Gasteiger partial charge in [-0.05, 0) is 41.7 Å². The van der Waals surface area contributed by atoms with E-state index in [0.29, 0.717) is 22.5 Å². The molecule has 2 aromatic carbocycles. The zero-order valence-electron chi connectivity index (χ0n) is 13.6. The van der Waals surface area contributed by atoms with Gasteiger partial charge in [0.25, 0.3) is 0 Å². The molecule has 1 aliphatic heterocycles. The summed E-state index contributed by atoms with van der Waals surface area (Å²) in [6, 6.07) is 15.7. The van der Waals surface area contributed by atoms with E-state index < -0.39 is 0 Å². The van der Waals surface area contributed by atoms with Crippen molar-refractivity contribution in [1.82, 2.24) is 5.32 Å². The number of aliphatic imine (C=N–C) groups is 1. The van der Waals surface area contributed by atoms with Crippen molar-refractivity contribution < 1.29 is 4.79 Å². The number of hydrogen-bond acceptors (Lipinski definition) is 3. The predicted octanol–water partition coefficient (Wildman–Crippen LogP) is 4.93. The number of halogens is 1. The first kappa shape index (κ1) is 17.1. The van der Waals surface area contributed by atoms with E-state index >= 15 is 0 Å². The minimum Gasteiger partial charge on any atom is -0.304 e. The summed E-state index contributed by atoms with van der Waals surface area (Å²) in [4.78, 5) is 16.7. The van der Waals surface area contributed by atoms with Gasteiger partial charge in [-0.3, -0.25) is 4.79 Å². The molecule has 0 spiro atoms. The van der Waals surface area contributed by atoms with E-state index in [4.69, 9.17) is 11.6 Å². The van der Waals surface area contributed by atoms with Crippen LogP contribution in [-0.2, 0) is 11.2 Å². The summed E-state index contributed by atoms with van der Waals surface area (Å²) in [5, 5.41) is 4.01. The van der Waals surface area contributed by atoms with E-state index in [1.807, 2.05) is 36.4 Å². The van der Waals surface area contributed by atoms with E-state index in [2.05, 4.69) is 36.3 Å². The molecule has 1 saturated heterocycles. The van der Waals surface area contributed by atoms with Crippen LogP contribution in [0.2, 0.25) is 5.02 Å². The minimum atomic E-state index is -0.196. The smallest absolute Gasteiger partial charge is 0.239 e. The van der Waals surface area contributed by atoms with Crippen molar-refractivity contribution in [2.75, 3.05) is 0 Å². The summed E-state index contributed by atoms with van der Waals surface area (Å²) in [6.07, 6.45) is 0.599. The molecule has 1 atom stereocenters. The van der Waals surface area contributed by atoms with Gasteiger partial charge < -0.3 is 5.32 Å². The maximum absolute atomic E-state index is 12.2. The molecule has 2 aromatic rings. The number of benzene rings is 2. The topological polar surface area (TPSA) is 41.5 Å². The first-order chi connectivity index (χ1) is 11.5. The zero-order valence-corrected chi connectivity index (χ0v) is 15.2. The molecule has 3 nitrogen and oxygen atoms in total. The maximum atomic E-state index is 12.2. The number of rotatable bonds is 4. The average Bonchev–Trinajstić information content (AvgIpc) is 2.89. The van der Waals surface area contributed by atoms with Crippen LogP contribution in [-0.4, -0.2) is 16.3 Å². The molecule has 0 saturated carbocycles. The maximum Gasteiger partial charge on any atom is 0.239 e. The van der Waals surface area contributed by atoms with Crippen molar-refractivity contribution in [1.29, 1.82) is 0 Å². The molecule has 0 unspecified atom stereocenters. The molecule has 0 bridgehead atoms. The Kier molecular flexibility index (Phi) is 5.27. The van der Waals surface area contributed by atoms with Crippen molar-refractivity contribution in [2.45, 2.75) is 31.4 Å². The Hall–Kier alpha value is -1.78. The average molecular weight is 359 g/mol. The van der Waals surface area contributed by atoms with Crippen molar-refractivity contribution in [3.63, 3.8) is 0 Å². The highest BCUT2D eigenvalue weighted by Crippen LogP contribution is 2.28. The fraction of sp³-hybridized carbons (Fsp3) is 0.263. The molecule has 5 heteroatoms. The van der Waals surface area contributed by atoms with Gasteiger partial charge in [-0.2, -0.15) is 0 Å². The highest BCUT2D eigenvalue weighted by molar-refractivity contribution is 8.15. The number of hydrogen-bond donors (Lipinski definition) is 1. The SMILES string of the molecule is CC(C)c1ccc(N=C2NC(=O)[C@H](Cc3ccccc3Cl)S2)cc1. The molecular formula is C19H19ClN2OS. The molecule has 0 radical (unpaired) electrons. The standard InChI is InChI=1S/C19H19ClN2OS/c1-12(2)13-7-9-15(10-8-13)21-19-22-18(23)17(24-19)11-14-5-3-4-6-16(14)20/h3-10,12,17H,11H2,1-2H3,(H,21,22,23)/t17-/m0/s1. The largest absolute Gasteiger partial charge is 0.304 e. The molecular weight excluding hydrogens is 340 g/mol. The lowest BCUT2D eigenvalue weighted by Gasteiger charge is -2.07. The van der Waals surface area contributed by atoms with E-state index in [1.165, 1.54) is 17.3 Å². The lowest BCUT2D eigenvalue weighted by molar-refractivity contribution is -0.118. The van der Waals surface area contributed by atoms with E-state index in [9.17, 15) is 4.79 Å². The van der Waals surface area contributed by atoms with Gasteiger partial charge >= 0.3 is 0 Å². The van der Waals surface area contributed by atoms with Crippen LogP contribution in [0.4, 0.5) is 5.69 Å². The van der Waals surface area contributed by atoms with Crippen molar-refractivity contribution in [3.05, 3.63) is 64.7 Å². The summed E-state index contributed by atoms with van der Waals surface area (Å²) in [5.41, 5.74) is 3.11. The highest BCUT2D eigenvalue weighted by Gasteiger charge is 2.30. The Balaban J connectivity index is 1.71. The number of nitrogens with zero attached hydrogens (tertiary/aromatic N) is 1. The molecule has 1 N–H and O–H groups in total. The van der Waals surface area contributed by atoms with Crippen LogP contribution >= 0.6 is 23.4 Å². The third-order valence-electron chi connectivity index (χ3n) is 3.93. The third-order valence-corrected chi connectivity index (χ3v) is 5.38. The Labute approximate surface area is 151 Å². The number of amidine groups is 1. The summed E-state index contributed by atoms with van der Waals surface area (Å²) in [6.45, 7) is 4.32. The van der Waals surface area contributed by atoms with Crippen LogP contribution < -0.4 is 5.32 Å². The van der Waals surface area contributed by atoms with Gasteiger partial charge in [0.15, 0.2) is 5.17 Å². The van der Waals surface area contributed by atoms with Gasteiger partial charge in [-0.25, -0.2) is 4.99 Å². The molecule has 0 aromatic heterocycles. The molecule has 1 amide bonds. The lowest BCUT2D eigenvalue weighted by atomic mass is 10.0. The Bertz CT molecular complexity index is 771. The highest BCUT2D eigenvalue weighted by atomic mass is 35.5. The normalized spacial score (nSPS) is 19.1. The summed E-state index contributed by atoms with van der Waals surface area (Å²) >= 11 is 7.64. The minimum absolute atomic E-state index is 0.0162. The van der Waals surface area contributed by atoms with Crippen LogP contribution in [0.5, 0.6) is 0 Å². The van der Waals surface area contributed by atoms with Crippen molar-refractivity contribution in [2.24, 2.45) is 4.99 Å². The Morgan fingerprint density at radius 3 is 2.54 bits per heavy atom. The predicted molar refractivity (Wildman–Crippen MR) is 102 cm³/mol. The number of thioether (sulfide) groups is 1. The molecule has 0 aliphatic carbocycles. The van der Waals surface area contributed by atoms with E-state index in [0.717, 1.165) is 11.3 Å². The summed E-state index contributed by atoms with van der Waals surface area (Å²) in [7, 11) is 0. The fourth-order valence-corrected chi connectivity index (χ4v) is 3.74. The summed E-state index contributed by atoms with van der Waals surface area (Å²) < 4.78 is 0. The first-order valence-corrected chi connectivity index (χ1v) is 9.18. The van der Waals surface area contributed by atoms with Gasteiger partial charge in [0, 0.05) is 5.02 Å². The van der Waals surface area contributed by atoms with Gasteiger partial charge in [-0.1, -0.05) is 67.5 Å². The zero-order chi connectivity index (χ0) is 17.1. The lowest BCUT2D eigenvalue weighted by Crippen LogP contribution is -2.26. The van der Waals surface area contributed by atoms with Crippen molar-refractivity contribution in [3.8, 4) is 0 Å². The number of carbonyl (C=O) groups is 1. The molecule has 3 rings (SSSR count). The third kappa shape index (κ3) is 4.00. The second kappa shape index (κ2) is 7.41. The van der Waals surface area contributed by atoms with Crippen LogP contribution in [0.3, 0.4) is 0 Å². The van der Waals surface area contributed by atoms with Gasteiger partial charge in [0.05, 0.1) is 10.9 Å². The van der Waals surface area contributed by atoms with Crippen molar-refractivity contribution >= 4 is 40.1 Å². The van der Waals surface area contributed by atoms with Crippen LogP contribution in [0.15, 0.2) is 53.5 Å². The molecule has 1 aliphatic rings. The van der Waals surface area contributed by atoms with Gasteiger partial charge in [0.2, 0.25) is 5.91 Å². The molecule has 1 heterocycles. The monoisotopic (exact) mass is 358 g/mol. The molecule has 1 fully saturated rings. The summed E-state index contributed by atoms with van der Waals surface area (Å²) in [5.74, 6) is 0.477. The van der Waals surface area contributed by atoms with E-state index in [1.54, 1.807) is 0 Å². The fourth-order valence-electron chi connectivity index (χ4n) is 2.51. The van der Waals surface area contributed by atoms with Gasteiger partial charge in [0.1, 0.15) is 0 Å². The Morgan fingerprint density at radius 1 is 1.17 bits per heavy atom.